The summed E-state index contributed by atoms with van der Waals surface area (Å²) in [5, 5.41) is 6.29. The molecule has 1 aromatic carbocycles. The second-order valence-corrected chi connectivity index (χ2v) is 6.22. The average Bonchev–Trinajstić information content (AvgIpc) is 3.00. The summed E-state index contributed by atoms with van der Waals surface area (Å²) in [4.78, 5) is 23.5. The van der Waals surface area contributed by atoms with Crippen LogP contribution in [-0.2, 0) is 17.8 Å². The lowest BCUT2D eigenvalue weighted by atomic mass is 10.1. The number of nitrogen functional groups attached to an aromatic ring is 1. The third-order valence-corrected chi connectivity index (χ3v) is 4.14. The van der Waals surface area contributed by atoms with Crippen LogP contribution in [0.2, 0.25) is 0 Å². The molecular formula is C18H25N7O3. The quantitative estimate of drug-likeness (QED) is 0.283. The highest BCUT2D eigenvalue weighted by atomic mass is 16.5. The van der Waals surface area contributed by atoms with Crippen LogP contribution in [-0.4, -0.2) is 53.6 Å². The van der Waals surface area contributed by atoms with E-state index in [9.17, 15) is 4.79 Å². The minimum atomic E-state index is -0.301. The van der Waals surface area contributed by atoms with Gasteiger partial charge < -0.3 is 30.8 Å². The molecule has 10 nitrogen and oxygen atoms in total. The number of nitrogens with zero attached hydrogens (tertiary/aromatic N) is 3. The van der Waals surface area contributed by atoms with Gasteiger partial charge in [0, 0.05) is 20.3 Å². The topological polar surface area (TPSA) is 132 Å². The van der Waals surface area contributed by atoms with Crippen molar-refractivity contribution < 1.29 is 9.47 Å². The smallest absolute Gasteiger partial charge is 0.328 e. The van der Waals surface area contributed by atoms with Crippen molar-refractivity contribution >= 4 is 17.0 Å². The summed E-state index contributed by atoms with van der Waals surface area (Å²) >= 11 is 0. The molecule has 0 unspecified atom stereocenters. The third kappa shape index (κ3) is 4.66. The summed E-state index contributed by atoms with van der Waals surface area (Å²) in [6.07, 6.45) is 0. The van der Waals surface area contributed by atoms with Crippen molar-refractivity contribution in [3.63, 3.8) is 0 Å². The molecule has 3 rings (SSSR count). The van der Waals surface area contributed by atoms with Gasteiger partial charge in [-0.15, -0.1) is 0 Å². The number of rotatable bonds is 10. The molecule has 0 aliphatic heterocycles. The summed E-state index contributed by atoms with van der Waals surface area (Å²) in [5.41, 5.74) is 8.59. The molecule has 0 amide bonds. The zero-order valence-corrected chi connectivity index (χ0v) is 16.0. The number of imidazole rings is 1. The van der Waals surface area contributed by atoms with E-state index in [1.807, 2.05) is 31.3 Å². The van der Waals surface area contributed by atoms with Crippen molar-refractivity contribution in [2.45, 2.75) is 13.1 Å². The Morgan fingerprint density at radius 2 is 1.93 bits per heavy atom. The van der Waals surface area contributed by atoms with Crippen LogP contribution in [0.25, 0.3) is 11.2 Å². The van der Waals surface area contributed by atoms with Crippen LogP contribution in [0.4, 0.5) is 5.82 Å². The van der Waals surface area contributed by atoms with Crippen LogP contribution >= 0.6 is 0 Å². The number of nitrogens with two attached hydrogens (primary N) is 1. The number of anilines is 1. The second kappa shape index (κ2) is 9.31. The van der Waals surface area contributed by atoms with E-state index in [4.69, 9.17) is 15.2 Å². The van der Waals surface area contributed by atoms with Crippen LogP contribution < -0.4 is 26.8 Å². The summed E-state index contributed by atoms with van der Waals surface area (Å²) < 4.78 is 11.9. The Bertz CT molecular complexity index is 966. The van der Waals surface area contributed by atoms with E-state index in [0.717, 1.165) is 24.3 Å². The van der Waals surface area contributed by atoms with E-state index >= 15 is 0 Å². The Balaban J connectivity index is 1.82. The molecule has 28 heavy (non-hydrogen) atoms. The zero-order chi connectivity index (χ0) is 19.9. The van der Waals surface area contributed by atoms with Gasteiger partial charge in [0.05, 0.1) is 13.2 Å². The first-order chi connectivity index (χ1) is 13.6. The Morgan fingerprint density at radius 1 is 1.18 bits per heavy atom. The fourth-order valence-electron chi connectivity index (χ4n) is 2.74. The molecule has 0 fully saturated rings. The highest BCUT2D eigenvalue weighted by Crippen LogP contribution is 2.18. The maximum absolute atomic E-state index is 12.4. The van der Waals surface area contributed by atoms with Crippen LogP contribution in [0, 0.1) is 0 Å². The van der Waals surface area contributed by atoms with E-state index in [1.165, 1.54) is 4.57 Å². The van der Waals surface area contributed by atoms with Crippen LogP contribution in [0.5, 0.6) is 6.01 Å². The molecule has 2 aromatic heterocycles. The van der Waals surface area contributed by atoms with Crippen molar-refractivity contribution in [3.8, 4) is 6.01 Å². The summed E-state index contributed by atoms with van der Waals surface area (Å²) in [5.74, 6) is 0.166. The monoisotopic (exact) mass is 387 g/mol. The van der Waals surface area contributed by atoms with Crippen LogP contribution in [0.3, 0.4) is 0 Å². The number of ether oxygens (including phenoxy) is 2. The lowest BCUT2D eigenvalue weighted by molar-refractivity contribution is 0.141. The molecule has 0 atom stereocenters. The van der Waals surface area contributed by atoms with E-state index in [0.29, 0.717) is 30.9 Å². The molecule has 10 heteroatoms. The van der Waals surface area contributed by atoms with Gasteiger partial charge in [-0.3, -0.25) is 4.57 Å². The van der Waals surface area contributed by atoms with Gasteiger partial charge in [0.1, 0.15) is 12.1 Å². The predicted molar refractivity (Wildman–Crippen MR) is 106 cm³/mol. The number of fused-ring (bicyclic) bond motifs is 1. The predicted octanol–water partition coefficient (Wildman–Crippen LogP) is 0.0418. The molecule has 0 aliphatic carbocycles. The molecule has 0 bridgehead atoms. The maximum Gasteiger partial charge on any atom is 0.328 e. The van der Waals surface area contributed by atoms with Crippen LogP contribution in [0.15, 0.2) is 29.1 Å². The number of benzene rings is 1. The highest BCUT2D eigenvalue weighted by Gasteiger charge is 2.15. The van der Waals surface area contributed by atoms with Gasteiger partial charge in [0.2, 0.25) is 0 Å². The largest absolute Gasteiger partial charge is 0.461 e. The molecule has 2 heterocycles. The van der Waals surface area contributed by atoms with Gasteiger partial charge in [-0.05, 0) is 18.2 Å². The van der Waals surface area contributed by atoms with Gasteiger partial charge in [0.15, 0.2) is 11.5 Å². The van der Waals surface area contributed by atoms with Gasteiger partial charge >= 0.3 is 11.7 Å². The van der Waals surface area contributed by atoms with E-state index in [1.54, 1.807) is 7.11 Å². The molecule has 3 aromatic rings. The van der Waals surface area contributed by atoms with Crippen molar-refractivity contribution in [3.05, 3.63) is 45.9 Å². The van der Waals surface area contributed by atoms with Gasteiger partial charge in [-0.25, -0.2) is 4.79 Å². The third-order valence-electron chi connectivity index (χ3n) is 4.14. The number of nitrogens with one attached hydrogen (secondary N) is 3. The Morgan fingerprint density at radius 3 is 2.64 bits per heavy atom. The molecule has 5 N–H and O–H groups in total. The van der Waals surface area contributed by atoms with Crippen molar-refractivity contribution in [2.24, 2.45) is 0 Å². The summed E-state index contributed by atoms with van der Waals surface area (Å²) in [6.45, 7) is 2.55. The van der Waals surface area contributed by atoms with Crippen LogP contribution in [0.1, 0.15) is 11.1 Å². The Kier molecular flexibility index (Phi) is 6.58. The van der Waals surface area contributed by atoms with Gasteiger partial charge in [-0.1, -0.05) is 24.3 Å². The minimum Gasteiger partial charge on any atom is -0.461 e. The number of aromatic nitrogens is 4. The zero-order valence-electron chi connectivity index (χ0n) is 16.0. The fourth-order valence-corrected chi connectivity index (χ4v) is 2.74. The first-order valence-electron chi connectivity index (χ1n) is 8.93. The Labute approximate surface area is 162 Å². The van der Waals surface area contributed by atoms with E-state index in [2.05, 4.69) is 25.6 Å². The van der Waals surface area contributed by atoms with Gasteiger partial charge in [0.25, 0.3) is 0 Å². The fraction of sp³-hybridized carbons (Fsp3) is 0.389. The average molecular weight is 387 g/mol. The molecule has 150 valence electrons. The maximum atomic E-state index is 12.4. The van der Waals surface area contributed by atoms with E-state index < -0.39 is 0 Å². The normalized spacial score (nSPS) is 11.2. The summed E-state index contributed by atoms with van der Waals surface area (Å²) in [7, 11) is 3.47. The second-order valence-electron chi connectivity index (χ2n) is 6.22. The van der Waals surface area contributed by atoms with Crippen molar-refractivity contribution in [1.29, 1.82) is 0 Å². The first-order valence-corrected chi connectivity index (χ1v) is 8.93. The van der Waals surface area contributed by atoms with E-state index in [-0.39, 0.29) is 17.5 Å². The summed E-state index contributed by atoms with van der Waals surface area (Å²) in [6, 6.07) is 8.14. The molecule has 0 aliphatic rings. The number of methoxy groups -OCH3 is 1. The van der Waals surface area contributed by atoms with Crippen molar-refractivity contribution in [2.75, 3.05) is 39.8 Å². The van der Waals surface area contributed by atoms with Gasteiger partial charge in [-0.2, -0.15) is 9.97 Å². The number of H-pyrrole nitrogens is 1. The number of aromatic amines is 1. The lowest BCUT2D eigenvalue weighted by Gasteiger charge is -2.08. The molecular weight excluding hydrogens is 362 g/mol. The SMILES string of the molecule is CNCNCc1ccc(Cn2c(=O)[nH]c3c(N)nc(OCCOC)nc32)cc1. The highest BCUT2D eigenvalue weighted by molar-refractivity contribution is 5.81. The molecule has 0 saturated carbocycles. The molecule has 0 spiro atoms. The number of hydrogen-bond acceptors (Lipinski definition) is 8. The minimum absolute atomic E-state index is 0.112. The lowest BCUT2D eigenvalue weighted by Crippen LogP contribution is -2.25. The first kappa shape index (κ1) is 19.8. The standard InChI is InChI=1S/C18H25N7O3/c1-20-11-21-9-12-3-5-13(6-4-12)10-25-16-14(22-18(25)26)15(19)23-17(24-16)28-8-7-27-2/h3-6,20-21H,7-11H2,1-2H3,(H,22,26)(H2,19,23,24). The molecule has 0 saturated heterocycles. The number of hydrogen-bond donors (Lipinski definition) is 4. The van der Waals surface area contributed by atoms with Crippen molar-refractivity contribution in [1.82, 2.24) is 30.2 Å². The molecule has 0 radical (unpaired) electrons. The Hall–Kier alpha value is -2.95.